The maximum Gasteiger partial charge on any atom is 0.185 e. The Bertz CT molecular complexity index is 472. The maximum absolute atomic E-state index is 4.83. The van der Waals surface area contributed by atoms with Crippen molar-refractivity contribution >= 4 is 16.5 Å². The number of hydrogen-bond acceptors (Lipinski definition) is 5. The van der Waals surface area contributed by atoms with Crippen LogP contribution in [0.2, 0.25) is 0 Å². The van der Waals surface area contributed by atoms with Gasteiger partial charge in [-0.25, -0.2) is 4.98 Å². The maximum atomic E-state index is 4.83. The molecule has 2 aliphatic carbocycles. The van der Waals surface area contributed by atoms with Crippen LogP contribution in [0.15, 0.2) is 5.38 Å². The molecule has 0 spiro atoms. The Labute approximate surface area is 131 Å². The molecule has 21 heavy (non-hydrogen) atoms. The van der Waals surface area contributed by atoms with E-state index in [0.29, 0.717) is 0 Å². The highest BCUT2D eigenvalue weighted by atomic mass is 32.1. The summed E-state index contributed by atoms with van der Waals surface area (Å²) in [4.78, 5) is 12.4. The summed E-state index contributed by atoms with van der Waals surface area (Å²) in [6.45, 7) is 7.29. The van der Waals surface area contributed by atoms with Crippen LogP contribution >= 0.6 is 11.3 Å². The monoisotopic (exact) mass is 306 g/mol. The van der Waals surface area contributed by atoms with E-state index in [9.17, 15) is 0 Å². The molecular weight excluding hydrogens is 280 g/mol. The summed E-state index contributed by atoms with van der Waals surface area (Å²) in [7, 11) is 2.19. The molecule has 5 heteroatoms. The Hall–Kier alpha value is -0.650. The summed E-state index contributed by atoms with van der Waals surface area (Å²) in [5.41, 5.74) is 1.26. The van der Waals surface area contributed by atoms with Gasteiger partial charge in [-0.05, 0) is 31.6 Å². The molecular formula is C16H26N4S. The fraction of sp³-hybridized carbons (Fsp3) is 0.812. The first kappa shape index (κ1) is 14.0. The Morgan fingerprint density at radius 2 is 1.86 bits per heavy atom. The molecule has 1 saturated heterocycles. The fourth-order valence-electron chi connectivity index (χ4n) is 3.17. The van der Waals surface area contributed by atoms with Crippen LogP contribution in [0.3, 0.4) is 0 Å². The smallest absolute Gasteiger partial charge is 0.185 e. The molecule has 0 aromatic carbocycles. The summed E-state index contributed by atoms with van der Waals surface area (Å²) in [6.07, 6.45) is 5.62. The van der Waals surface area contributed by atoms with Crippen molar-refractivity contribution in [3.63, 3.8) is 0 Å². The number of aromatic nitrogens is 1. The third-order valence-corrected chi connectivity index (χ3v) is 5.98. The third kappa shape index (κ3) is 3.58. The first-order valence-electron chi connectivity index (χ1n) is 8.40. The molecule has 0 radical (unpaired) electrons. The van der Waals surface area contributed by atoms with Gasteiger partial charge in [0.1, 0.15) is 0 Å². The van der Waals surface area contributed by atoms with Crippen molar-refractivity contribution in [3.8, 4) is 0 Å². The highest BCUT2D eigenvalue weighted by Gasteiger charge is 2.29. The second kappa shape index (κ2) is 5.86. The molecule has 0 unspecified atom stereocenters. The van der Waals surface area contributed by atoms with E-state index in [1.54, 1.807) is 0 Å². The Balaban J connectivity index is 1.26. The van der Waals surface area contributed by atoms with Crippen molar-refractivity contribution in [2.45, 2.75) is 38.3 Å². The molecule has 3 fully saturated rings. The highest BCUT2D eigenvalue weighted by molar-refractivity contribution is 7.13. The molecule has 0 N–H and O–H groups in total. The van der Waals surface area contributed by atoms with Gasteiger partial charge in [0.05, 0.1) is 5.69 Å². The highest BCUT2D eigenvalue weighted by Crippen LogP contribution is 2.32. The van der Waals surface area contributed by atoms with Gasteiger partial charge in [-0.2, -0.15) is 0 Å². The SMILES string of the molecule is CN(c1nc(CN2CCN(CC3CC3)CC2)cs1)C1CC1. The first-order chi connectivity index (χ1) is 10.3. The van der Waals surface area contributed by atoms with E-state index >= 15 is 0 Å². The first-order valence-corrected chi connectivity index (χ1v) is 9.28. The van der Waals surface area contributed by atoms with Crippen molar-refractivity contribution in [3.05, 3.63) is 11.1 Å². The number of nitrogens with zero attached hydrogens (tertiary/aromatic N) is 4. The van der Waals surface area contributed by atoms with Gasteiger partial charge in [0, 0.05) is 57.7 Å². The lowest BCUT2D eigenvalue weighted by atomic mass is 10.2. The fourth-order valence-corrected chi connectivity index (χ4v) is 4.03. The summed E-state index contributed by atoms with van der Waals surface area (Å²) < 4.78 is 0. The molecule has 0 atom stereocenters. The molecule has 4 rings (SSSR count). The molecule has 0 bridgehead atoms. The lowest BCUT2D eigenvalue weighted by molar-refractivity contribution is 0.122. The van der Waals surface area contributed by atoms with E-state index < -0.39 is 0 Å². The average molecular weight is 306 g/mol. The minimum absolute atomic E-state index is 0.759. The second-order valence-corrected chi connectivity index (χ2v) is 7.82. The van der Waals surface area contributed by atoms with Crippen molar-refractivity contribution in [2.24, 2.45) is 5.92 Å². The largest absolute Gasteiger partial charge is 0.348 e. The zero-order chi connectivity index (χ0) is 14.2. The molecule has 1 aromatic rings. The van der Waals surface area contributed by atoms with Crippen molar-refractivity contribution < 1.29 is 0 Å². The quantitative estimate of drug-likeness (QED) is 0.804. The van der Waals surface area contributed by atoms with Crippen LogP contribution in [0.1, 0.15) is 31.4 Å². The van der Waals surface area contributed by atoms with Crippen LogP contribution in [0.4, 0.5) is 5.13 Å². The lowest BCUT2D eigenvalue weighted by Crippen LogP contribution is -2.46. The Morgan fingerprint density at radius 3 is 2.52 bits per heavy atom. The van der Waals surface area contributed by atoms with Crippen LogP contribution in [0.5, 0.6) is 0 Å². The van der Waals surface area contributed by atoms with Gasteiger partial charge in [0.2, 0.25) is 0 Å². The molecule has 2 heterocycles. The number of hydrogen-bond donors (Lipinski definition) is 0. The minimum atomic E-state index is 0.759. The number of piperazine rings is 1. The topological polar surface area (TPSA) is 22.6 Å². The van der Waals surface area contributed by atoms with Crippen molar-refractivity contribution in [1.29, 1.82) is 0 Å². The van der Waals surface area contributed by atoms with Gasteiger partial charge in [-0.1, -0.05) is 0 Å². The molecule has 2 saturated carbocycles. The van der Waals surface area contributed by atoms with Crippen LogP contribution in [0, 0.1) is 5.92 Å². The van der Waals surface area contributed by atoms with E-state index in [1.165, 1.54) is 69.2 Å². The Kier molecular flexibility index (Phi) is 3.90. The third-order valence-electron chi connectivity index (χ3n) is 5.00. The van der Waals surface area contributed by atoms with E-state index in [2.05, 4.69) is 27.1 Å². The predicted octanol–water partition coefficient (Wildman–Crippen LogP) is 2.27. The molecule has 116 valence electrons. The van der Waals surface area contributed by atoms with Crippen molar-refractivity contribution in [2.75, 3.05) is 44.7 Å². The van der Waals surface area contributed by atoms with Gasteiger partial charge in [0.25, 0.3) is 0 Å². The van der Waals surface area contributed by atoms with Crippen LogP contribution in [0.25, 0.3) is 0 Å². The van der Waals surface area contributed by atoms with E-state index in [1.807, 2.05) is 11.3 Å². The second-order valence-electron chi connectivity index (χ2n) is 6.98. The predicted molar refractivity (Wildman–Crippen MR) is 88.0 cm³/mol. The summed E-state index contributed by atoms with van der Waals surface area (Å²) >= 11 is 1.81. The number of thiazole rings is 1. The standard InChI is InChI=1S/C16H26N4S/c1-18(15-4-5-15)16-17-14(12-21-16)11-20-8-6-19(7-9-20)10-13-2-3-13/h12-13,15H,2-11H2,1H3. The van der Waals surface area contributed by atoms with Crippen LogP contribution < -0.4 is 4.90 Å². The molecule has 1 aromatic heterocycles. The van der Waals surface area contributed by atoms with E-state index in [0.717, 1.165) is 18.5 Å². The normalized spacial score (nSPS) is 24.4. The lowest BCUT2D eigenvalue weighted by Gasteiger charge is -2.34. The van der Waals surface area contributed by atoms with Crippen LogP contribution in [-0.4, -0.2) is 60.6 Å². The van der Waals surface area contributed by atoms with E-state index in [4.69, 9.17) is 4.98 Å². The van der Waals surface area contributed by atoms with Gasteiger partial charge in [0.15, 0.2) is 5.13 Å². The van der Waals surface area contributed by atoms with Gasteiger partial charge in [-0.15, -0.1) is 11.3 Å². The Morgan fingerprint density at radius 1 is 1.14 bits per heavy atom. The summed E-state index contributed by atoms with van der Waals surface area (Å²) in [6, 6.07) is 0.759. The van der Waals surface area contributed by atoms with Gasteiger partial charge >= 0.3 is 0 Å². The zero-order valence-electron chi connectivity index (χ0n) is 13.0. The summed E-state index contributed by atoms with van der Waals surface area (Å²) in [5.74, 6) is 1.02. The summed E-state index contributed by atoms with van der Waals surface area (Å²) in [5, 5.41) is 3.46. The number of anilines is 1. The zero-order valence-corrected chi connectivity index (χ0v) is 13.8. The number of rotatable bonds is 6. The average Bonchev–Trinajstić information content (AvgIpc) is 3.41. The molecule has 3 aliphatic rings. The van der Waals surface area contributed by atoms with Gasteiger partial charge < -0.3 is 9.80 Å². The van der Waals surface area contributed by atoms with Gasteiger partial charge in [-0.3, -0.25) is 4.90 Å². The molecule has 0 amide bonds. The van der Waals surface area contributed by atoms with E-state index in [-0.39, 0.29) is 0 Å². The van der Waals surface area contributed by atoms with Crippen LogP contribution in [-0.2, 0) is 6.54 Å². The van der Waals surface area contributed by atoms with Crippen molar-refractivity contribution in [1.82, 2.24) is 14.8 Å². The minimum Gasteiger partial charge on any atom is -0.348 e. The molecule has 1 aliphatic heterocycles. The molecule has 4 nitrogen and oxygen atoms in total.